The molecule has 0 bridgehead atoms. The highest BCUT2D eigenvalue weighted by Gasteiger charge is 2.25. The molecule has 158 valence electrons. The van der Waals surface area contributed by atoms with Gasteiger partial charge < -0.3 is 18.8 Å². The van der Waals surface area contributed by atoms with Gasteiger partial charge in [0.25, 0.3) is 11.1 Å². The molecule has 0 spiro atoms. The first-order valence-electron chi connectivity index (χ1n) is 9.60. The van der Waals surface area contributed by atoms with Crippen molar-refractivity contribution in [1.82, 2.24) is 20.1 Å². The maximum atomic E-state index is 12.7. The molecule has 10 heteroatoms. The summed E-state index contributed by atoms with van der Waals surface area (Å²) in [5, 5.41) is 9.45. The number of nitrogens with zero attached hydrogens (tertiary/aromatic N) is 4. The molecular formula is C20H22N4O4S2. The Morgan fingerprint density at radius 1 is 1.27 bits per heavy atom. The van der Waals surface area contributed by atoms with Crippen molar-refractivity contribution in [3.8, 4) is 22.3 Å². The standard InChI is InChI=1S/C20H22N4O4S2/c1-4-24(9-14-10-26-15-7-5-6-8-16(15)27-14)17(25)11-29-20-23-22-19(28-20)18-12(2)21-13(3)30-18/h5-8,14H,4,9-11H2,1-3H3. The zero-order chi connectivity index (χ0) is 21.1. The van der Waals surface area contributed by atoms with Gasteiger partial charge in [0.1, 0.15) is 11.5 Å². The van der Waals surface area contributed by atoms with Crippen molar-refractivity contribution in [2.45, 2.75) is 32.1 Å². The third kappa shape index (κ3) is 4.59. The second kappa shape index (κ2) is 9.05. The molecule has 4 rings (SSSR count). The van der Waals surface area contributed by atoms with Crippen molar-refractivity contribution in [2.24, 2.45) is 0 Å². The van der Waals surface area contributed by atoms with E-state index in [9.17, 15) is 4.79 Å². The Hall–Kier alpha value is -2.59. The maximum absolute atomic E-state index is 12.7. The summed E-state index contributed by atoms with van der Waals surface area (Å²) in [5.41, 5.74) is 0.863. The molecule has 0 radical (unpaired) electrons. The van der Waals surface area contributed by atoms with Gasteiger partial charge in [0.15, 0.2) is 17.6 Å². The topological polar surface area (TPSA) is 90.6 Å². The zero-order valence-corrected chi connectivity index (χ0v) is 18.6. The molecule has 0 aliphatic carbocycles. The molecular weight excluding hydrogens is 424 g/mol. The van der Waals surface area contributed by atoms with Gasteiger partial charge in [0.2, 0.25) is 5.91 Å². The molecule has 0 N–H and O–H groups in total. The van der Waals surface area contributed by atoms with Gasteiger partial charge in [-0.3, -0.25) is 4.79 Å². The third-order valence-corrected chi connectivity index (χ3v) is 6.41. The number of thiazole rings is 1. The number of ether oxygens (including phenoxy) is 2. The van der Waals surface area contributed by atoms with Crippen LogP contribution in [-0.4, -0.2) is 57.5 Å². The number of carbonyl (C=O) groups excluding carboxylic acids is 1. The Morgan fingerprint density at radius 3 is 2.80 bits per heavy atom. The highest BCUT2D eigenvalue weighted by molar-refractivity contribution is 7.99. The molecule has 1 aliphatic rings. The van der Waals surface area contributed by atoms with E-state index in [0.717, 1.165) is 21.3 Å². The lowest BCUT2D eigenvalue weighted by Crippen LogP contribution is -2.44. The van der Waals surface area contributed by atoms with E-state index >= 15 is 0 Å². The lowest BCUT2D eigenvalue weighted by molar-refractivity contribution is -0.129. The molecule has 30 heavy (non-hydrogen) atoms. The van der Waals surface area contributed by atoms with Crippen LogP contribution >= 0.6 is 23.1 Å². The number of likely N-dealkylation sites (N-methyl/N-ethyl adjacent to an activating group) is 1. The largest absolute Gasteiger partial charge is 0.486 e. The zero-order valence-electron chi connectivity index (χ0n) is 17.0. The fourth-order valence-corrected chi connectivity index (χ4v) is 4.62. The van der Waals surface area contributed by atoms with Crippen LogP contribution in [0.15, 0.2) is 33.9 Å². The van der Waals surface area contributed by atoms with Gasteiger partial charge in [-0.15, -0.1) is 21.5 Å². The van der Waals surface area contributed by atoms with Crippen LogP contribution in [0, 0.1) is 13.8 Å². The molecule has 0 saturated heterocycles. The van der Waals surface area contributed by atoms with Gasteiger partial charge in [-0.25, -0.2) is 4.98 Å². The number of hydrogen-bond donors (Lipinski definition) is 0. The van der Waals surface area contributed by atoms with Gasteiger partial charge in [-0.05, 0) is 32.9 Å². The predicted molar refractivity (Wildman–Crippen MR) is 114 cm³/mol. The second-order valence-electron chi connectivity index (χ2n) is 6.74. The highest BCUT2D eigenvalue weighted by atomic mass is 32.2. The van der Waals surface area contributed by atoms with Crippen LogP contribution < -0.4 is 9.47 Å². The van der Waals surface area contributed by atoms with Crippen molar-refractivity contribution in [1.29, 1.82) is 0 Å². The van der Waals surface area contributed by atoms with Crippen molar-refractivity contribution in [2.75, 3.05) is 25.4 Å². The fourth-order valence-electron chi connectivity index (χ4n) is 3.11. The van der Waals surface area contributed by atoms with Gasteiger partial charge in [-0.1, -0.05) is 23.9 Å². The quantitative estimate of drug-likeness (QED) is 0.509. The number of hydrogen-bond acceptors (Lipinski definition) is 9. The van der Waals surface area contributed by atoms with Crippen LogP contribution in [0.25, 0.3) is 10.8 Å². The Kier molecular flexibility index (Phi) is 6.24. The molecule has 3 heterocycles. The number of aromatic nitrogens is 3. The van der Waals surface area contributed by atoms with E-state index in [2.05, 4.69) is 15.2 Å². The highest BCUT2D eigenvalue weighted by Crippen LogP contribution is 2.32. The first-order valence-corrected chi connectivity index (χ1v) is 11.4. The van der Waals surface area contributed by atoms with Crippen molar-refractivity contribution in [3.63, 3.8) is 0 Å². The first-order chi connectivity index (χ1) is 14.5. The maximum Gasteiger partial charge on any atom is 0.277 e. The van der Waals surface area contributed by atoms with Crippen molar-refractivity contribution >= 4 is 29.0 Å². The summed E-state index contributed by atoms with van der Waals surface area (Å²) in [6.07, 6.45) is -0.207. The lowest BCUT2D eigenvalue weighted by atomic mass is 10.2. The van der Waals surface area contributed by atoms with Gasteiger partial charge in [0.05, 0.1) is 23.0 Å². The van der Waals surface area contributed by atoms with E-state index in [4.69, 9.17) is 13.9 Å². The molecule has 0 saturated carbocycles. The van der Waals surface area contributed by atoms with E-state index in [0.29, 0.717) is 36.6 Å². The minimum atomic E-state index is -0.207. The summed E-state index contributed by atoms with van der Waals surface area (Å²) in [6.45, 7) is 7.24. The lowest BCUT2D eigenvalue weighted by Gasteiger charge is -2.30. The molecule has 8 nitrogen and oxygen atoms in total. The van der Waals surface area contributed by atoms with E-state index in [1.54, 1.807) is 4.90 Å². The summed E-state index contributed by atoms with van der Waals surface area (Å²) in [7, 11) is 0. The summed E-state index contributed by atoms with van der Waals surface area (Å²) >= 11 is 2.74. The van der Waals surface area contributed by atoms with Crippen LogP contribution in [0.1, 0.15) is 17.6 Å². The predicted octanol–water partition coefficient (Wildman–Crippen LogP) is 3.59. The van der Waals surface area contributed by atoms with E-state index in [1.807, 2.05) is 45.0 Å². The Balaban J connectivity index is 1.32. The average Bonchev–Trinajstić information content (AvgIpc) is 3.35. The number of benzene rings is 1. The van der Waals surface area contributed by atoms with Crippen LogP contribution in [0.3, 0.4) is 0 Å². The Labute approximate surface area is 182 Å². The molecule has 1 aromatic carbocycles. The van der Waals surface area contributed by atoms with Gasteiger partial charge >= 0.3 is 0 Å². The first kappa shape index (κ1) is 20.7. The van der Waals surface area contributed by atoms with Crippen LogP contribution in [0.4, 0.5) is 0 Å². The van der Waals surface area contributed by atoms with E-state index in [1.165, 1.54) is 23.1 Å². The fraction of sp³-hybridized carbons (Fsp3) is 0.400. The molecule has 2 aromatic heterocycles. The van der Waals surface area contributed by atoms with Crippen LogP contribution in [-0.2, 0) is 4.79 Å². The SMILES string of the molecule is CCN(CC1COc2ccccc2O1)C(=O)CSc1nnc(-c2sc(C)nc2C)o1. The second-order valence-corrected chi connectivity index (χ2v) is 8.87. The summed E-state index contributed by atoms with van der Waals surface area (Å²) in [4.78, 5) is 19.7. The van der Waals surface area contributed by atoms with E-state index in [-0.39, 0.29) is 17.8 Å². The van der Waals surface area contributed by atoms with Crippen molar-refractivity contribution in [3.05, 3.63) is 35.0 Å². The number of rotatable bonds is 7. The molecule has 1 atom stereocenters. The normalized spacial score (nSPS) is 15.2. The Morgan fingerprint density at radius 2 is 2.07 bits per heavy atom. The number of fused-ring (bicyclic) bond motifs is 1. The summed E-state index contributed by atoms with van der Waals surface area (Å²) in [5.74, 6) is 2.07. The summed E-state index contributed by atoms with van der Waals surface area (Å²) in [6, 6.07) is 7.55. The van der Waals surface area contributed by atoms with Gasteiger partial charge in [0, 0.05) is 6.54 Å². The smallest absolute Gasteiger partial charge is 0.277 e. The average molecular weight is 447 g/mol. The monoisotopic (exact) mass is 446 g/mol. The number of aryl methyl sites for hydroxylation is 2. The number of carbonyl (C=O) groups is 1. The molecule has 3 aromatic rings. The summed E-state index contributed by atoms with van der Waals surface area (Å²) < 4.78 is 17.4. The molecule has 1 unspecified atom stereocenters. The number of thioether (sulfide) groups is 1. The van der Waals surface area contributed by atoms with Crippen molar-refractivity contribution < 1.29 is 18.7 Å². The van der Waals surface area contributed by atoms with E-state index < -0.39 is 0 Å². The minimum Gasteiger partial charge on any atom is -0.486 e. The number of amides is 1. The third-order valence-electron chi connectivity index (χ3n) is 4.55. The van der Waals surface area contributed by atoms with Gasteiger partial charge in [-0.2, -0.15) is 0 Å². The van der Waals surface area contributed by atoms with Crippen LogP contribution in [0.5, 0.6) is 11.5 Å². The Bertz CT molecular complexity index is 1040. The minimum absolute atomic E-state index is 0.0190. The molecule has 1 amide bonds. The number of para-hydroxylation sites is 2. The molecule has 1 aliphatic heterocycles. The van der Waals surface area contributed by atoms with Crippen LogP contribution in [0.2, 0.25) is 0 Å². The molecule has 0 fully saturated rings.